The molecule has 0 aliphatic rings. The maximum Gasteiger partial charge on any atom is 0.119 e. The summed E-state index contributed by atoms with van der Waals surface area (Å²) in [4.78, 5) is 4.17. The van der Waals surface area contributed by atoms with Crippen molar-refractivity contribution in [2.45, 2.75) is 26.8 Å². The van der Waals surface area contributed by atoms with E-state index >= 15 is 0 Å². The minimum Gasteiger partial charge on any atom is -0.492 e. The maximum atomic E-state index is 8.64. The average Bonchev–Trinajstić information content (AvgIpc) is 2.86. The zero-order valence-electron chi connectivity index (χ0n) is 11.8. The molecule has 0 atom stereocenters. The Morgan fingerprint density at radius 2 is 2.10 bits per heavy atom. The van der Waals surface area contributed by atoms with Crippen LogP contribution in [0.25, 0.3) is 0 Å². The van der Waals surface area contributed by atoms with Crippen molar-refractivity contribution in [2.24, 2.45) is 5.16 Å². The number of benzene rings is 1. The second kappa shape index (κ2) is 6.75. The SMILES string of the molecule is C/C(Cc1ccc(OCCn2ccnc2C)cc1)=N/O. The number of ether oxygens (including phenoxy) is 1. The smallest absolute Gasteiger partial charge is 0.119 e. The van der Waals surface area contributed by atoms with Crippen LogP contribution >= 0.6 is 0 Å². The molecule has 106 valence electrons. The summed E-state index contributed by atoms with van der Waals surface area (Å²) in [6, 6.07) is 7.82. The highest BCUT2D eigenvalue weighted by Crippen LogP contribution is 2.13. The Labute approximate surface area is 118 Å². The van der Waals surface area contributed by atoms with Gasteiger partial charge >= 0.3 is 0 Å². The molecular formula is C15H19N3O2. The Morgan fingerprint density at radius 1 is 1.35 bits per heavy atom. The Kier molecular flexibility index (Phi) is 4.76. The molecular weight excluding hydrogens is 254 g/mol. The van der Waals surface area contributed by atoms with Crippen LogP contribution in [0.4, 0.5) is 0 Å². The van der Waals surface area contributed by atoms with Crippen molar-refractivity contribution < 1.29 is 9.94 Å². The zero-order valence-corrected chi connectivity index (χ0v) is 11.8. The van der Waals surface area contributed by atoms with Gasteiger partial charge in [-0.05, 0) is 31.5 Å². The maximum absolute atomic E-state index is 8.64. The standard InChI is InChI=1S/C15H19N3O2/c1-12(17-19)11-14-3-5-15(6-4-14)20-10-9-18-8-7-16-13(18)2/h3-8,19H,9-11H2,1-2H3/b17-12-. The van der Waals surface area contributed by atoms with Crippen LogP contribution in [0, 0.1) is 6.92 Å². The molecule has 5 nitrogen and oxygen atoms in total. The van der Waals surface area contributed by atoms with Gasteiger partial charge in [0, 0.05) is 18.8 Å². The van der Waals surface area contributed by atoms with Gasteiger partial charge in [0.15, 0.2) is 0 Å². The first kappa shape index (κ1) is 14.1. The lowest BCUT2D eigenvalue weighted by molar-refractivity contribution is 0.297. The van der Waals surface area contributed by atoms with Crippen molar-refractivity contribution in [1.29, 1.82) is 0 Å². The number of aromatic nitrogens is 2. The van der Waals surface area contributed by atoms with Crippen LogP contribution < -0.4 is 4.74 Å². The lowest BCUT2D eigenvalue weighted by atomic mass is 10.1. The van der Waals surface area contributed by atoms with Crippen LogP contribution in [0.1, 0.15) is 18.3 Å². The molecule has 0 aliphatic heterocycles. The fraction of sp³-hybridized carbons (Fsp3) is 0.333. The summed E-state index contributed by atoms with van der Waals surface area (Å²) >= 11 is 0. The van der Waals surface area contributed by atoms with E-state index in [-0.39, 0.29) is 0 Å². The van der Waals surface area contributed by atoms with Gasteiger partial charge in [0.2, 0.25) is 0 Å². The molecule has 0 amide bonds. The minimum absolute atomic E-state index is 0.605. The monoisotopic (exact) mass is 273 g/mol. The first-order chi connectivity index (χ1) is 9.69. The normalized spacial score (nSPS) is 11.6. The molecule has 5 heteroatoms. The summed E-state index contributed by atoms with van der Waals surface area (Å²) in [7, 11) is 0. The van der Waals surface area contributed by atoms with Crippen LogP contribution in [-0.4, -0.2) is 27.1 Å². The third-order valence-corrected chi connectivity index (χ3v) is 3.08. The van der Waals surface area contributed by atoms with Crippen LogP contribution in [0.2, 0.25) is 0 Å². The van der Waals surface area contributed by atoms with Gasteiger partial charge in [0.05, 0.1) is 12.3 Å². The van der Waals surface area contributed by atoms with Crippen molar-refractivity contribution in [3.63, 3.8) is 0 Å². The van der Waals surface area contributed by atoms with Crippen LogP contribution in [0.15, 0.2) is 41.8 Å². The number of aryl methyl sites for hydroxylation is 1. The van der Waals surface area contributed by atoms with E-state index in [0.29, 0.717) is 18.7 Å². The summed E-state index contributed by atoms with van der Waals surface area (Å²) in [5.74, 6) is 1.83. The Hall–Kier alpha value is -2.30. The minimum atomic E-state index is 0.605. The van der Waals surface area contributed by atoms with Gasteiger partial charge in [-0.3, -0.25) is 0 Å². The lowest BCUT2D eigenvalue weighted by Gasteiger charge is -2.08. The highest BCUT2D eigenvalue weighted by Gasteiger charge is 2.00. The Balaban J connectivity index is 1.83. The van der Waals surface area contributed by atoms with Gasteiger partial charge in [-0.1, -0.05) is 17.3 Å². The fourth-order valence-electron chi connectivity index (χ4n) is 1.94. The molecule has 0 radical (unpaired) electrons. The molecule has 2 rings (SSSR count). The highest BCUT2D eigenvalue weighted by atomic mass is 16.5. The first-order valence-electron chi connectivity index (χ1n) is 6.56. The lowest BCUT2D eigenvalue weighted by Crippen LogP contribution is -2.08. The molecule has 0 aliphatic carbocycles. The molecule has 20 heavy (non-hydrogen) atoms. The number of oxime groups is 1. The Bertz CT molecular complexity index is 573. The topological polar surface area (TPSA) is 59.6 Å². The van der Waals surface area contributed by atoms with Crippen LogP contribution in [-0.2, 0) is 13.0 Å². The number of rotatable bonds is 6. The van der Waals surface area contributed by atoms with Gasteiger partial charge < -0.3 is 14.5 Å². The summed E-state index contributed by atoms with van der Waals surface area (Å²) in [6.07, 6.45) is 4.37. The van der Waals surface area contributed by atoms with Crippen molar-refractivity contribution in [2.75, 3.05) is 6.61 Å². The molecule has 0 fully saturated rings. The van der Waals surface area contributed by atoms with Gasteiger partial charge in [-0.15, -0.1) is 0 Å². The first-order valence-corrected chi connectivity index (χ1v) is 6.56. The molecule has 1 heterocycles. The van der Waals surface area contributed by atoms with Crippen LogP contribution in [0.3, 0.4) is 0 Å². The summed E-state index contributed by atoms with van der Waals surface area (Å²) < 4.78 is 7.74. The predicted octanol–water partition coefficient (Wildman–Crippen LogP) is 2.66. The van der Waals surface area contributed by atoms with Gasteiger partial charge in [0.25, 0.3) is 0 Å². The molecule has 0 unspecified atom stereocenters. The van der Waals surface area contributed by atoms with Crippen molar-refractivity contribution >= 4 is 5.71 Å². The number of imidazole rings is 1. The van der Waals surface area contributed by atoms with Gasteiger partial charge in [-0.25, -0.2) is 4.98 Å². The predicted molar refractivity (Wildman–Crippen MR) is 77.5 cm³/mol. The van der Waals surface area contributed by atoms with Gasteiger partial charge in [0.1, 0.15) is 18.2 Å². The summed E-state index contributed by atoms with van der Waals surface area (Å²) in [5, 5.41) is 11.8. The summed E-state index contributed by atoms with van der Waals surface area (Å²) in [6.45, 7) is 5.15. The van der Waals surface area contributed by atoms with Gasteiger partial charge in [-0.2, -0.15) is 0 Å². The molecule has 1 aromatic carbocycles. The van der Waals surface area contributed by atoms with E-state index in [1.165, 1.54) is 0 Å². The van der Waals surface area contributed by atoms with E-state index in [1.54, 1.807) is 13.1 Å². The number of nitrogens with zero attached hydrogens (tertiary/aromatic N) is 3. The third kappa shape index (κ3) is 3.85. The van der Waals surface area contributed by atoms with Crippen LogP contribution in [0.5, 0.6) is 5.75 Å². The molecule has 1 N–H and O–H groups in total. The fourth-order valence-corrected chi connectivity index (χ4v) is 1.94. The number of hydrogen-bond donors (Lipinski definition) is 1. The van der Waals surface area contributed by atoms with E-state index in [1.807, 2.05) is 37.4 Å². The third-order valence-electron chi connectivity index (χ3n) is 3.08. The second-order valence-electron chi connectivity index (χ2n) is 4.67. The van der Waals surface area contributed by atoms with Crippen molar-refractivity contribution in [3.05, 3.63) is 48.0 Å². The van der Waals surface area contributed by atoms with E-state index in [2.05, 4.69) is 14.7 Å². The Morgan fingerprint density at radius 3 is 2.70 bits per heavy atom. The second-order valence-corrected chi connectivity index (χ2v) is 4.67. The molecule has 0 saturated carbocycles. The molecule has 1 aromatic heterocycles. The quantitative estimate of drug-likeness (QED) is 0.500. The molecule has 2 aromatic rings. The van der Waals surface area contributed by atoms with Crippen molar-refractivity contribution in [1.82, 2.24) is 9.55 Å². The molecule has 0 bridgehead atoms. The summed E-state index contributed by atoms with van der Waals surface area (Å²) in [5.41, 5.74) is 1.78. The largest absolute Gasteiger partial charge is 0.492 e. The van der Waals surface area contributed by atoms with Crippen molar-refractivity contribution in [3.8, 4) is 5.75 Å². The van der Waals surface area contributed by atoms with E-state index in [4.69, 9.17) is 9.94 Å². The average molecular weight is 273 g/mol. The van der Waals surface area contributed by atoms with E-state index < -0.39 is 0 Å². The molecule has 0 saturated heterocycles. The highest BCUT2D eigenvalue weighted by molar-refractivity contribution is 5.83. The number of hydrogen-bond acceptors (Lipinski definition) is 4. The van der Waals surface area contributed by atoms with E-state index in [0.717, 1.165) is 23.7 Å². The molecule has 0 spiro atoms. The van der Waals surface area contributed by atoms with E-state index in [9.17, 15) is 0 Å². The zero-order chi connectivity index (χ0) is 14.4.